The van der Waals surface area contributed by atoms with Gasteiger partial charge in [0.15, 0.2) is 0 Å². The van der Waals surface area contributed by atoms with Crippen molar-refractivity contribution in [1.82, 2.24) is 14.5 Å². The highest BCUT2D eigenvalue weighted by Crippen LogP contribution is 2.28. The van der Waals surface area contributed by atoms with Crippen LogP contribution in [-0.2, 0) is 6.54 Å². The number of aromatic nitrogens is 2. The predicted octanol–water partition coefficient (Wildman–Crippen LogP) is 4.11. The Morgan fingerprint density at radius 2 is 1.77 bits per heavy atom. The molecule has 7 nitrogen and oxygen atoms in total. The number of hydrogen-bond acceptors (Lipinski definition) is 6. The number of benzene rings is 2. The first-order valence-electron chi connectivity index (χ1n) is 8.74. The zero-order valence-corrected chi connectivity index (χ0v) is 17.5. The van der Waals surface area contributed by atoms with E-state index in [4.69, 9.17) is 9.47 Å². The van der Waals surface area contributed by atoms with Gasteiger partial charge in [0.2, 0.25) is 0 Å². The van der Waals surface area contributed by atoms with Crippen LogP contribution in [0.5, 0.6) is 17.2 Å². The van der Waals surface area contributed by atoms with Crippen molar-refractivity contribution < 1.29 is 32.2 Å². The van der Waals surface area contributed by atoms with Crippen molar-refractivity contribution >= 4 is 18.7 Å². The first-order chi connectivity index (χ1) is 14.8. The highest BCUT2D eigenvalue weighted by molar-refractivity contribution is 7.78. The SMILES string of the molecule is COc1cccc(OC)c1.O=C(NS)c1ccc(Cn2cccn2)c(OC(F)(F)F)c1. The van der Waals surface area contributed by atoms with Gasteiger partial charge in [0.25, 0.3) is 5.91 Å². The lowest BCUT2D eigenvalue weighted by molar-refractivity contribution is -0.274. The Hall–Kier alpha value is -3.34. The Balaban J connectivity index is 0.000000285. The summed E-state index contributed by atoms with van der Waals surface area (Å²) in [4.78, 5) is 11.4. The van der Waals surface area contributed by atoms with Gasteiger partial charge in [-0.05, 0) is 30.3 Å². The molecular weight excluding hydrogens is 435 g/mol. The number of nitrogens with zero attached hydrogens (tertiary/aromatic N) is 2. The molecule has 166 valence electrons. The molecule has 0 saturated carbocycles. The van der Waals surface area contributed by atoms with E-state index in [-0.39, 0.29) is 17.7 Å². The topological polar surface area (TPSA) is 74.6 Å². The lowest BCUT2D eigenvalue weighted by Gasteiger charge is -2.14. The largest absolute Gasteiger partial charge is 0.573 e. The number of thiol groups is 1. The molecule has 0 spiro atoms. The molecule has 0 radical (unpaired) electrons. The van der Waals surface area contributed by atoms with Crippen molar-refractivity contribution in [2.75, 3.05) is 14.2 Å². The zero-order valence-electron chi connectivity index (χ0n) is 16.6. The zero-order chi connectivity index (χ0) is 22.9. The number of alkyl halides is 3. The van der Waals surface area contributed by atoms with Gasteiger partial charge in [0.1, 0.15) is 17.2 Å². The van der Waals surface area contributed by atoms with Crippen molar-refractivity contribution in [2.45, 2.75) is 12.9 Å². The fourth-order valence-electron chi connectivity index (χ4n) is 2.41. The van der Waals surface area contributed by atoms with Gasteiger partial charge in [-0.1, -0.05) is 24.9 Å². The molecule has 0 saturated heterocycles. The van der Waals surface area contributed by atoms with E-state index >= 15 is 0 Å². The third-order valence-corrected chi connectivity index (χ3v) is 4.03. The van der Waals surface area contributed by atoms with E-state index in [0.717, 1.165) is 17.6 Å². The Morgan fingerprint density at radius 3 is 2.29 bits per heavy atom. The van der Waals surface area contributed by atoms with Gasteiger partial charge in [-0.3, -0.25) is 14.2 Å². The third-order valence-electron chi connectivity index (χ3n) is 3.83. The monoisotopic (exact) mass is 455 g/mol. The van der Waals surface area contributed by atoms with Crippen molar-refractivity contribution in [2.24, 2.45) is 0 Å². The summed E-state index contributed by atoms with van der Waals surface area (Å²) < 4.78 is 54.8. The molecule has 31 heavy (non-hydrogen) atoms. The molecular formula is C20H20F3N3O4S. The van der Waals surface area contributed by atoms with Crippen molar-refractivity contribution in [3.63, 3.8) is 0 Å². The highest BCUT2D eigenvalue weighted by Gasteiger charge is 2.32. The van der Waals surface area contributed by atoms with Crippen LogP contribution in [0.2, 0.25) is 0 Å². The summed E-state index contributed by atoms with van der Waals surface area (Å²) >= 11 is 3.57. The summed E-state index contributed by atoms with van der Waals surface area (Å²) in [6.07, 6.45) is -1.74. The number of methoxy groups -OCH3 is 2. The van der Waals surface area contributed by atoms with Crippen LogP contribution in [0.25, 0.3) is 0 Å². The Kier molecular flexibility index (Phi) is 8.62. The van der Waals surface area contributed by atoms with Gasteiger partial charge >= 0.3 is 6.36 Å². The Bertz CT molecular complexity index is 963. The normalized spacial score (nSPS) is 10.5. The number of hydrogen-bond donors (Lipinski definition) is 2. The number of rotatable bonds is 6. The van der Waals surface area contributed by atoms with Gasteiger partial charge in [-0.15, -0.1) is 13.2 Å². The van der Waals surface area contributed by atoms with Crippen LogP contribution in [0.4, 0.5) is 13.2 Å². The second kappa shape index (κ2) is 11.2. The summed E-state index contributed by atoms with van der Waals surface area (Å²) in [7, 11) is 3.27. The van der Waals surface area contributed by atoms with Crippen LogP contribution in [0, 0.1) is 0 Å². The molecule has 11 heteroatoms. The molecule has 0 unspecified atom stereocenters. The second-order valence-corrected chi connectivity index (χ2v) is 6.12. The second-order valence-electron chi connectivity index (χ2n) is 5.90. The third kappa shape index (κ3) is 7.78. The summed E-state index contributed by atoms with van der Waals surface area (Å²) in [5.41, 5.74) is 0.250. The minimum absolute atomic E-state index is 0.00784. The molecule has 0 bridgehead atoms. The fourth-order valence-corrected chi connectivity index (χ4v) is 2.54. The first-order valence-corrected chi connectivity index (χ1v) is 9.19. The van der Waals surface area contributed by atoms with E-state index in [1.165, 1.54) is 23.0 Å². The number of nitrogens with one attached hydrogen (secondary N) is 1. The number of carbonyl (C=O) groups is 1. The van der Waals surface area contributed by atoms with Gasteiger partial charge in [-0.2, -0.15) is 5.10 Å². The molecule has 3 aromatic rings. The summed E-state index contributed by atoms with van der Waals surface area (Å²) in [6.45, 7) is 0.0845. The van der Waals surface area contributed by atoms with Crippen LogP contribution < -0.4 is 18.9 Å². The van der Waals surface area contributed by atoms with Crippen LogP contribution >= 0.6 is 12.8 Å². The molecule has 3 rings (SSSR count). The van der Waals surface area contributed by atoms with E-state index < -0.39 is 18.0 Å². The Morgan fingerprint density at radius 1 is 1.10 bits per heavy atom. The van der Waals surface area contributed by atoms with E-state index in [9.17, 15) is 18.0 Å². The number of halogens is 3. The van der Waals surface area contributed by atoms with Gasteiger partial charge in [0, 0.05) is 29.6 Å². The van der Waals surface area contributed by atoms with Crippen LogP contribution in [-0.4, -0.2) is 36.3 Å². The molecule has 0 aliphatic rings. The van der Waals surface area contributed by atoms with Crippen molar-refractivity contribution in [3.05, 3.63) is 72.1 Å². The van der Waals surface area contributed by atoms with Crippen LogP contribution in [0.3, 0.4) is 0 Å². The smallest absolute Gasteiger partial charge is 0.497 e. The van der Waals surface area contributed by atoms with Crippen molar-refractivity contribution in [3.8, 4) is 17.2 Å². The molecule has 1 aromatic heterocycles. The van der Waals surface area contributed by atoms with E-state index in [1.807, 2.05) is 29.0 Å². The lowest BCUT2D eigenvalue weighted by Crippen LogP contribution is -2.20. The predicted molar refractivity (Wildman–Crippen MR) is 110 cm³/mol. The average Bonchev–Trinajstić information content (AvgIpc) is 3.27. The molecule has 2 aromatic carbocycles. The molecule has 1 heterocycles. The first kappa shape index (κ1) is 23.9. The number of carbonyl (C=O) groups excluding carboxylic acids is 1. The summed E-state index contributed by atoms with van der Waals surface area (Å²) in [5.74, 6) is 0.558. The fraction of sp³-hybridized carbons (Fsp3) is 0.200. The number of ether oxygens (including phenoxy) is 3. The maximum absolute atomic E-state index is 12.5. The van der Waals surface area contributed by atoms with Gasteiger partial charge < -0.3 is 14.2 Å². The standard InChI is InChI=1S/C12H10F3N3O2S.C8H10O2/c13-12(14,15)20-10-6-8(11(19)17-21)2-3-9(10)7-18-5-1-4-16-18;1-9-7-4-3-5-8(6-7)10-2/h1-6,21H,7H2,(H,17,19);3-6H,1-2H3. The molecule has 1 N–H and O–H groups in total. The van der Waals surface area contributed by atoms with Crippen molar-refractivity contribution in [1.29, 1.82) is 0 Å². The van der Waals surface area contributed by atoms with Gasteiger partial charge in [0.05, 0.1) is 20.8 Å². The minimum Gasteiger partial charge on any atom is -0.497 e. The summed E-state index contributed by atoms with van der Waals surface area (Å²) in [6, 6.07) is 12.9. The van der Waals surface area contributed by atoms with Crippen LogP contribution in [0.1, 0.15) is 15.9 Å². The van der Waals surface area contributed by atoms with E-state index in [1.54, 1.807) is 26.5 Å². The van der Waals surface area contributed by atoms with E-state index in [0.29, 0.717) is 0 Å². The molecule has 0 fully saturated rings. The quantitative estimate of drug-likeness (QED) is 0.548. The molecule has 0 aliphatic heterocycles. The minimum atomic E-state index is -4.85. The maximum Gasteiger partial charge on any atom is 0.573 e. The highest BCUT2D eigenvalue weighted by atomic mass is 32.1. The van der Waals surface area contributed by atoms with Gasteiger partial charge in [-0.25, -0.2) is 0 Å². The molecule has 1 amide bonds. The number of amides is 1. The molecule has 0 atom stereocenters. The molecule has 0 aliphatic carbocycles. The average molecular weight is 455 g/mol. The summed E-state index contributed by atoms with van der Waals surface area (Å²) in [5, 5.41) is 3.91. The Labute approximate surface area is 182 Å². The maximum atomic E-state index is 12.5. The van der Waals surface area contributed by atoms with Crippen LogP contribution in [0.15, 0.2) is 60.9 Å². The van der Waals surface area contributed by atoms with E-state index in [2.05, 4.69) is 22.7 Å². The lowest BCUT2D eigenvalue weighted by atomic mass is 10.1.